The fraction of sp³-hybridized carbons (Fsp3) is 0.280. The third-order valence-corrected chi connectivity index (χ3v) is 5.86. The summed E-state index contributed by atoms with van der Waals surface area (Å²) in [5, 5.41) is 16.5. The first-order valence-corrected chi connectivity index (χ1v) is 11.3. The van der Waals surface area contributed by atoms with Crippen LogP contribution in [0.2, 0.25) is 0 Å². The molecule has 0 saturated heterocycles. The zero-order valence-electron chi connectivity index (χ0n) is 18.9. The minimum Gasteiger partial charge on any atom is -0.494 e. The second-order valence-electron chi connectivity index (χ2n) is 8.23. The van der Waals surface area contributed by atoms with Crippen LogP contribution in [0.15, 0.2) is 60.7 Å². The predicted molar refractivity (Wildman–Crippen MR) is 128 cm³/mol. The van der Waals surface area contributed by atoms with Gasteiger partial charge in [-0.25, -0.2) is 4.68 Å². The van der Waals surface area contributed by atoms with Crippen LogP contribution in [0.3, 0.4) is 0 Å². The Bertz CT molecular complexity index is 1300. The van der Waals surface area contributed by atoms with Crippen molar-refractivity contribution in [3.63, 3.8) is 0 Å². The second kappa shape index (κ2) is 9.48. The number of aryl methyl sites for hydroxylation is 1. The van der Waals surface area contributed by atoms with Crippen LogP contribution in [0.25, 0.3) is 16.7 Å². The molecule has 0 fully saturated rings. The molecule has 0 atom stereocenters. The lowest BCUT2D eigenvalue weighted by molar-refractivity contribution is -0.384. The smallest absolute Gasteiger partial charge is 0.269 e. The molecule has 5 rings (SSSR count). The molecule has 3 heterocycles. The zero-order chi connectivity index (χ0) is 23.5. The summed E-state index contributed by atoms with van der Waals surface area (Å²) in [5.74, 6) is 1.29. The van der Waals surface area contributed by atoms with Crippen LogP contribution >= 0.6 is 0 Å². The molecule has 34 heavy (non-hydrogen) atoms. The summed E-state index contributed by atoms with van der Waals surface area (Å²) in [6.45, 7) is 5.48. The van der Waals surface area contributed by atoms with Crippen molar-refractivity contribution in [2.75, 3.05) is 26.3 Å². The van der Waals surface area contributed by atoms with Gasteiger partial charge in [0.25, 0.3) is 5.69 Å². The van der Waals surface area contributed by atoms with Gasteiger partial charge in [-0.3, -0.25) is 15.0 Å². The van der Waals surface area contributed by atoms with Crippen LogP contribution in [0.5, 0.6) is 11.6 Å². The molecule has 0 radical (unpaired) electrons. The van der Waals surface area contributed by atoms with Crippen molar-refractivity contribution in [1.82, 2.24) is 19.7 Å². The molecular formula is C25H25N5O4. The number of hydrogen-bond acceptors (Lipinski definition) is 7. The zero-order valence-corrected chi connectivity index (χ0v) is 18.9. The standard InChI is InChI=1S/C25H25N5O4/c1-18-23-16-19-17-28(12-5-14-33-22-10-8-21(9-11-22)30(31)32)13-15-34-25(19)26-24(23)29(27-18)20-6-3-2-4-7-20/h2-4,6-11,16H,5,12-15,17H2,1H3. The van der Waals surface area contributed by atoms with Crippen LogP contribution in [0.1, 0.15) is 17.7 Å². The highest BCUT2D eigenvalue weighted by molar-refractivity contribution is 5.81. The molecule has 0 spiro atoms. The summed E-state index contributed by atoms with van der Waals surface area (Å²) in [4.78, 5) is 17.5. The SMILES string of the molecule is Cc1nn(-c2ccccc2)c2nc3c(cc12)CN(CCCOc1ccc([N+](=O)[O-])cc1)CCO3. The Morgan fingerprint density at radius 1 is 1.15 bits per heavy atom. The number of para-hydroxylation sites is 1. The summed E-state index contributed by atoms with van der Waals surface area (Å²) in [7, 11) is 0. The molecule has 0 bridgehead atoms. The summed E-state index contributed by atoms with van der Waals surface area (Å²) in [6, 6.07) is 18.3. The van der Waals surface area contributed by atoms with E-state index < -0.39 is 4.92 Å². The van der Waals surface area contributed by atoms with Crippen LogP contribution in [-0.2, 0) is 6.54 Å². The molecule has 0 saturated carbocycles. The van der Waals surface area contributed by atoms with Gasteiger partial charge in [0.2, 0.25) is 5.88 Å². The van der Waals surface area contributed by atoms with E-state index in [2.05, 4.69) is 11.0 Å². The molecule has 1 aliphatic rings. The van der Waals surface area contributed by atoms with E-state index in [1.807, 2.05) is 41.9 Å². The van der Waals surface area contributed by atoms with Crippen molar-refractivity contribution in [1.29, 1.82) is 0 Å². The van der Waals surface area contributed by atoms with Crippen molar-refractivity contribution in [3.05, 3.63) is 82.0 Å². The Kier molecular flexibility index (Phi) is 6.09. The second-order valence-corrected chi connectivity index (χ2v) is 8.23. The highest BCUT2D eigenvalue weighted by Gasteiger charge is 2.20. The van der Waals surface area contributed by atoms with E-state index in [4.69, 9.17) is 19.6 Å². The molecule has 9 heteroatoms. The maximum absolute atomic E-state index is 10.8. The number of hydrogen-bond donors (Lipinski definition) is 0. The van der Waals surface area contributed by atoms with E-state index in [0.717, 1.165) is 54.0 Å². The van der Waals surface area contributed by atoms with Crippen molar-refractivity contribution >= 4 is 16.7 Å². The van der Waals surface area contributed by atoms with Crippen LogP contribution in [0, 0.1) is 17.0 Å². The number of non-ortho nitro benzene ring substituents is 1. The van der Waals surface area contributed by atoms with Crippen LogP contribution in [0.4, 0.5) is 5.69 Å². The number of rotatable bonds is 7. The first-order chi connectivity index (χ1) is 16.6. The van der Waals surface area contributed by atoms with Crippen LogP contribution < -0.4 is 9.47 Å². The third-order valence-electron chi connectivity index (χ3n) is 5.86. The van der Waals surface area contributed by atoms with E-state index in [0.29, 0.717) is 24.8 Å². The number of nitro groups is 1. The fourth-order valence-electron chi connectivity index (χ4n) is 4.12. The molecule has 1 aliphatic heterocycles. The summed E-state index contributed by atoms with van der Waals surface area (Å²) < 4.78 is 13.6. The van der Waals surface area contributed by atoms with Crippen molar-refractivity contribution in [2.45, 2.75) is 19.9 Å². The average Bonchev–Trinajstić information content (AvgIpc) is 3.04. The molecule has 4 aromatic rings. The summed E-state index contributed by atoms with van der Waals surface area (Å²) in [6.07, 6.45) is 0.826. The van der Waals surface area contributed by atoms with Gasteiger partial charge in [-0.1, -0.05) is 18.2 Å². The number of pyridine rings is 1. The average molecular weight is 460 g/mol. The van der Waals surface area contributed by atoms with Crippen LogP contribution in [-0.4, -0.2) is 50.9 Å². The van der Waals surface area contributed by atoms with Gasteiger partial charge in [-0.2, -0.15) is 10.1 Å². The Morgan fingerprint density at radius 2 is 1.94 bits per heavy atom. The first kappa shape index (κ1) is 21.8. The van der Waals surface area contributed by atoms with Gasteiger partial charge < -0.3 is 9.47 Å². The number of ether oxygens (including phenoxy) is 2. The summed E-state index contributed by atoms with van der Waals surface area (Å²) >= 11 is 0. The Labute approximate surface area is 196 Å². The number of fused-ring (bicyclic) bond motifs is 2. The molecule has 174 valence electrons. The molecule has 0 amide bonds. The van der Waals surface area contributed by atoms with E-state index in [1.165, 1.54) is 12.1 Å². The lowest BCUT2D eigenvalue weighted by Gasteiger charge is -2.19. The van der Waals surface area contributed by atoms with Crippen molar-refractivity contribution < 1.29 is 14.4 Å². The highest BCUT2D eigenvalue weighted by atomic mass is 16.6. The number of nitro benzene ring substituents is 1. The minimum absolute atomic E-state index is 0.0582. The molecular weight excluding hydrogens is 434 g/mol. The van der Waals surface area contributed by atoms with E-state index in [9.17, 15) is 10.1 Å². The molecule has 2 aromatic heterocycles. The van der Waals surface area contributed by atoms with Gasteiger partial charge in [0.05, 0.1) is 22.9 Å². The number of benzene rings is 2. The van der Waals surface area contributed by atoms with E-state index >= 15 is 0 Å². The fourth-order valence-corrected chi connectivity index (χ4v) is 4.12. The largest absolute Gasteiger partial charge is 0.494 e. The van der Waals surface area contributed by atoms with Gasteiger partial charge in [0, 0.05) is 42.7 Å². The van der Waals surface area contributed by atoms with Crippen molar-refractivity contribution in [2.24, 2.45) is 0 Å². The Hall–Kier alpha value is -3.98. The van der Waals surface area contributed by atoms with Crippen molar-refractivity contribution in [3.8, 4) is 17.3 Å². The minimum atomic E-state index is -0.417. The molecule has 0 unspecified atom stereocenters. The highest BCUT2D eigenvalue weighted by Crippen LogP contribution is 2.29. The molecule has 2 aromatic carbocycles. The van der Waals surface area contributed by atoms with Gasteiger partial charge in [0.1, 0.15) is 12.4 Å². The molecule has 0 aliphatic carbocycles. The maximum Gasteiger partial charge on any atom is 0.269 e. The van der Waals surface area contributed by atoms with Gasteiger partial charge in [0.15, 0.2) is 5.65 Å². The van der Waals surface area contributed by atoms with Gasteiger partial charge in [-0.05, 0) is 43.7 Å². The van der Waals surface area contributed by atoms with E-state index in [-0.39, 0.29) is 5.69 Å². The third kappa shape index (κ3) is 4.55. The monoisotopic (exact) mass is 459 g/mol. The normalized spacial score (nSPS) is 13.8. The lowest BCUT2D eigenvalue weighted by atomic mass is 10.2. The quantitative estimate of drug-likeness (QED) is 0.231. The van der Waals surface area contributed by atoms with E-state index in [1.54, 1.807) is 12.1 Å². The maximum atomic E-state index is 10.8. The predicted octanol–water partition coefficient (Wildman–Crippen LogP) is 4.30. The topological polar surface area (TPSA) is 95.6 Å². The lowest BCUT2D eigenvalue weighted by Crippen LogP contribution is -2.27. The molecule has 9 nitrogen and oxygen atoms in total. The number of aromatic nitrogens is 3. The van der Waals surface area contributed by atoms with Gasteiger partial charge in [-0.15, -0.1) is 0 Å². The Balaban J connectivity index is 1.25. The Morgan fingerprint density at radius 3 is 2.71 bits per heavy atom. The first-order valence-electron chi connectivity index (χ1n) is 11.3. The van der Waals surface area contributed by atoms with Gasteiger partial charge >= 0.3 is 0 Å². The summed E-state index contributed by atoms with van der Waals surface area (Å²) in [5.41, 5.74) is 3.81. The number of nitrogens with zero attached hydrogens (tertiary/aromatic N) is 5. The molecule has 0 N–H and O–H groups in total.